The Hall–Kier alpha value is -1.26. The van der Waals surface area contributed by atoms with Crippen molar-refractivity contribution in [3.8, 4) is 0 Å². The van der Waals surface area contributed by atoms with Crippen molar-refractivity contribution in [1.29, 1.82) is 0 Å². The molecular weight excluding hydrogens is 272 g/mol. The van der Waals surface area contributed by atoms with Crippen LogP contribution in [0.1, 0.15) is 67.2 Å². The van der Waals surface area contributed by atoms with E-state index in [9.17, 15) is 9.59 Å². The van der Waals surface area contributed by atoms with E-state index >= 15 is 0 Å². The number of ether oxygens (including phenoxy) is 2. The van der Waals surface area contributed by atoms with Gasteiger partial charge in [-0.25, -0.2) is 9.59 Å². The molecule has 21 heavy (non-hydrogen) atoms. The van der Waals surface area contributed by atoms with E-state index in [0.717, 1.165) is 25.7 Å². The van der Waals surface area contributed by atoms with Gasteiger partial charge in [0.15, 0.2) is 0 Å². The molecule has 1 fully saturated rings. The molecule has 122 valence electrons. The molecule has 1 saturated carbocycles. The van der Waals surface area contributed by atoms with Gasteiger partial charge in [-0.05, 0) is 41.9 Å². The fraction of sp³-hybridized carbons (Fsp3) is 0.875. The van der Waals surface area contributed by atoms with Gasteiger partial charge in [0.05, 0.1) is 0 Å². The van der Waals surface area contributed by atoms with Crippen LogP contribution < -0.4 is 0 Å². The Morgan fingerprint density at radius 3 is 1.76 bits per heavy atom. The smallest absolute Gasteiger partial charge is 0.449 e. The largest absolute Gasteiger partial charge is 0.518 e. The molecule has 0 spiro atoms. The SMILES string of the molecule is CC(C)(C)C1(C(C)(C)C)CCC(OC(=O)OC(=O)O)CC1. The second-order valence-corrected chi connectivity index (χ2v) is 8.02. The standard InChI is InChI=1S/C16H28O5/c1-14(2,3)16(15(4,5)6)9-7-11(8-10-16)20-13(19)21-12(17)18/h11H,7-10H2,1-6H3,(H,17,18). The van der Waals surface area contributed by atoms with Crippen molar-refractivity contribution in [2.45, 2.75) is 73.3 Å². The van der Waals surface area contributed by atoms with Crippen LogP contribution in [0.15, 0.2) is 0 Å². The third-order valence-corrected chi connectivity index (χ3v) is 5.09. The van der Waals surface area contributed by atoms with Crippen molar-refractivity contribution in [3.63, 3.8) is 0 Å². The number of carbonyl (C=O) groups is 2. The van der Waals surface area contributed by atoms with Crippen molar-refractivity contribution < 1.29 is 24.2 Å². The van der Waals surface area contributed by atoms with Gasteiger partial charge < -0.3 is 14.6 Å². The topological polar surface area (TPSA) is 72.8 Å². The van der Waals surface area contributed by atoms with Crippen LogP contribution in [0.5, 0.6) is 0 Å². The summed E-state index contributed by atoms with van der Waals surface area (Å²) in [5, 5.41) is 8.39. The van der Waals surface area contributed by atoms with Crippen LogP contribution in [0.4, 0.5) is 9.59 Å². The predicted molar refractivity (Wildman–Crippen MR) is 79.2 cm³/mol. The molecule has 0 bridgehead atoms. The zero-order chi connectivity index (χ0) is 16.5. The van der Waals surface area contributed by atoms with Gasteiger partial charge in [0.2, 0.25) is 0 Å². The fourth-order valence-corrected chi connectivity index (χ4v) is 4.06. The van der Waals surface area contributed by atoms with Crippen LogP contribution in [-0.4, -0.2) is 23.5 Å². The van der Waals surface area contributed by atoms with Gasteiger partial charge in [0.25, 0.3) is 0 Å². The van der Waals surface area contributed by atoms with Crippen molar-refractivity contribution >= 4 is 12.3 Å². The third kappa shape index (κ3) is 3.89. The maximum Gasteiger partial charge on any atom is 0.518 e. The van der Waals surface area contributed by atoms with Crippen LogP contribution in [0.3, 0.4) is 0 Å². The molecule has 1 rings (SSSR count). The van der Waals surface area contributed by atoms with Gasteiger partial charge >= 0.3 is 12.3 Å². The number of carbonyl (C=O) groups excluding carboxylic acids is 1. The maximum atomic E-state index is 11.3. The summed E-state index contributed by atoms with van der Waals surface area (Å²) in [6, 6.07) is 0. The van der Waals surface area contributed by atoms with Crippen LogP contribution in [-0.2, 0) is 9.47 Å². The summed E-state index contributed by atoms with van der Waals surface area (Å²) < 4.78 is 9.07. The summed E-state index contributed by atoms with van der Waals surface area (Å²) in [4.78, 5) is 21.5. The zero-order valence-corrected chi connectivity index (χ0v) is 14.0. The minimum Gasteiger partial charge on any atom is -0.449 e. The maximum absolute atomic E-state index is 11.3. The molecule has 5 nitrogen and oxygen atoms in total. The lowest BCUT2D eigenvalue weighted by atomic mass is 9.49. The van der Waals surface area contributed by atoms with Crippen molar-refractivity contribution in [1.82, 2.24) is 0 Å². The Kier molecular flexibility index (Phi) is 4.96. The molecule has 1 aliphatic carbocycles. The van der Waals surface area contributed by atoms with E-state index in [1.807, 2.05) is 0 Å². The highest BCUT2D eigenvalue weighted by Crippen LogP contribution is 2.59. The van der Waals surface area contributed by atoms with Crippen LogP contribution in [0.25, 0.3) is 0 Å². The Bertz CT molecular complexity index is 376. The van der Waals surface area contributed by atoms with Crippen LogP contribution >= 0.6 is 0 Å². The molecule has 0 unspecified atom stereocenters. The average Bonchev–Trinajstić information content (AvgIpc) is 2.25. The molecule has 0 atom stereocenters. The first-order chi connectivity index (χ1) is 9.39. The summed E-state index contributed by atoms with van der Waals surface area (Å²) in [5.41, 5.74) is 0.464. The normalized spacial score (nSPS) is 19.9. The number of carboxylic acid groups (broad SMARTS) is 1. The molecule has 0 aliphatic heterocycles. The highest BCUT2D eigenvalue weighted by Gasteiger charge is 2.52. The van der Waals surface area contributed by atoms with Gasteiger partial charge in [0, 0.05) is 0 Å². The zero-order valence-electron chi connectivity index (χ0n) is 14.0. The lowest BCUT2D eigenvalue weighted by Crippen LogP contribution is -2.49. The molecule has 0 saturated heterocycles. The minimum absolute atomic E-state index is 0.151. The molecule has 0 aromatic heterocycles. The molecule has 0 aromatic rings. The minimum atomic E-state index is -1.63. The lowest BCUT2D eigenvalue weighted by molar-refractivity contribution is -0.0930. The molecule has 0 aromatic carbocycles. The molecular formula is C16H28O5. The predicted octanol–water partition coefficient (Wildman–Crippen LogP) is 4.84. The highest BCUT2D eigenvalue weighted by atomic mass is 16.8. The monoisotopic (exact) mass is 300 g/mol. The molecule has 1 aliphatic rings. The molecule has 1 N–H and O–H groups in total. The van der Waals surface area contributed by atoms with E-state index in [1.54, 1.807) is 0 Å². The van der Waals surface area contributed by atoms with E-state index in [2.05, 4.69) is 46.3 Å². The summed E-state index contributed by atoms with van der Waals surface area (Å²) in [6.07, 6.45) is 0.374. The third-order valence-electron chi connectivity index (χ3n) is 5.09. The second-order valence-electron chi connectivity index (χ2n) is 8.02. The molecule has 5 heteroatoms. The summed E-state index contributed by atoms with van der Waals surface area (Å²) in [5.74, 6) is 0. The van der Waals surface area contributed by atoms with E-state index < -0.39 is 12.3 Å². The summed E-state index contributed by atoms with van der Waals surface area (Å²) in [7, 11) is 0. The van der Waals surface area contributed by atoms with Gasteiger partial charge in [-0.15, -0.1) is 0 Å². The molecule has 0 radical (unpaired) electrons. The van der Waals surface area contributed by atoms with Gasteiger partial charge in [-0.2, -0.15) is 0 Å². The molecule has 0 heterocycles. The number of hydrogen-bond donors (Lipinski definition) is 1. The quantitative estimate of drug-likeness (QED) is 0.554. The first-order valence-corrected chi connectivity index (χ1v) is 7.50. The first kappa shape index (κ1) is 17.8. The Morgan fingerprint density at radius 1 is 1.00 bits per heavy atom. The second kappa shape index (κ2) is 5.85. The van der Waals surface area contributed by atoms with Crippen LogP contribution in [0.2, 0.25) is 0 Å². The van der Waals surface area contributed by atoms with Crippen molar-refractivity contribution in [2.24, 2.45) is 16.2 Å². The Labute approximate surface area is 127 Å². The van der Waals surface area contributed by atoms with Gasteiger partial charge in [-0.1, -0.05) is 41.5 Å². The van der Waals surface area contributed by atoms with E-state index in [0.29, 0.717) is 0 Å². The highest BCUT2D eigenvalue weighted by molar-refractivity contribution is 5.75. The van der Waals surface area contributed by atoms with E-state index in [1.165, 1.54) is 0 Å². The number of hydrogen-bond acceptors (Lipinski definition) is 4. The fourth-order valence-electron chi connectivity index (χ4n) is 4.06. The van der Waals surface area contributed by atoms with Crippen LogP contribution in [0, 0.1) is 16.2 Å². The summed E-state index contributed by atoms with van der Waals surface area (Å²) >= 11 is 0. The van der Waals surface area contributed by atoms with Gasteiger partial charge in [-0.3, -0.25) is 0 Å². The van der Waals surface area contributed by atoms with E-state index in [4.69, 9.17) is 9.84 Å². The Morgan fingerprint density at radius 2 is 1.43 bits per heavy atom. The Balaban J connectivity index is 2.72. The lowest BCUT2D eigenvalue weighted by Gasteiger charge is -2.57. The van der Waals surface area contributed by atoms with Crippen molar-refractivity contribution in [2.75, 3.05) is 0 Å². The van der Waals surface area contributed by atoms with Crippen molar-refractivity contribution in [3.05, 3.63) is 0 Å². The van der Waals surface area contributed by atoms with E-state index in [-0.39, 0.29) is 22.3 Å². The first-order valence-electron chi connectivity index (χ1n) is 7.50. The van der Waals surface area contributed by atoms with Gasteiger partial charge in [0.1, 0.15) is 6.10 Å². The summed E-state index contributed by atoms with van der Waals surface area (Å²) in [6.45, 7) is 13.6. The number of rotatable bonds is 1. The average molecular weight is 300 g/mol. The molecule has 0 amide bonds.